The summed E-state index contributed by atoms with van der Waals surface area (Å²) in [4.78, 5) is 14.3. The van der Waals surface area contributed by atoms with E-state index in [9.17, 15) is 0 Å². The molecule has 0 unspecified atom stereocenters. The number of hydrogen-bond acceptors (Lipinski definition) is 3. The van der Waals surface area contributed by atoms with Crippen molar-refractivity contribution in [1.82, 2.24) is 24.1 Å². The molecule has 0 N–H and O–H groups in total. The van der Waals surface area contributed by atoms with E-state index < -0.39 is 0 Å². The molecule has 0 aliphatic heterocycles. The van der Waals surface area contributed by atoms with Crippen molar-refractivity contribution in [2.24, 2.45) is 7.05 Å². The maximum Gasteiger partial charge on any atom is 0.158 e. The molecule has 3 aromatic carbocycles. The maximum atomic E-state index is 4.99. The number of fused-ring (bicyclic) bond motifs is 1. The standard InChI is InChI=1S/C28H21N5/c1-32-18-17-29-28(32)25-14-8-13-23(30-25)21-15-16-24-26(19-21)33(22-11-6-3-7-12-22)27(31-24)20-9-4-2-5-10-20/h2-19H,1H3. The number of aromatic nitrogens is 5. The molecule has 0 bridgehead atoms. The van der Waals surface area contributed by atoms with E-state index in [1.54, 1.807) is 6.20 Å². The van der Waals surface area contributed by atoms with Crippen molar-refractivity contribution in [3.8, 4) is 39.9 Å². The van der Waals surface area contributed by atoms with Gasteiger partial charge >= 0.3 is 0 Å². The third-order valence-corrected chi connectivity index (χ3v) is 5.80. The van der Waals surface area contributed by atoms with Crippen LogP contribution in [0.2, 0.25) is 0 Å². The van der Waals surface area contributed by atoms with E-state index in [2.05, 4.69) is 64.1 Å². The number of para-hydroxylation sites is 1. The van der Waals surface area contributed by atoms with Crippen molar-refractivity contribution in [3.63, 3.8) is 0 Å². The number of nitrogens with zero attached hydrogens (tertiary/aromatic N) is 5. The van der Waals surface area contributed by atoms with Gasteiger partial charge in [-0.1, -0.05) is 60.7 Å². The fourth-order valence-corrected chi connectivity index (χ4v) is 4.19. The highest BCUT2D eigenvalue weighted by Crippen LogP contribution is 2.31. The second-order valence-electron chi connectivity index (χ2n) is 7.95. The van der Waals surface area contributed by atoms with Gasteiger partial charge in [0.15, 0.2) is 5.82 Å². The van der Waals surface area contributed by atoms with Crippen LogP contribution in [0.4, 0.5) is 0 Å². The summed E-state index contributed by atoms with van der Waals surface area (Å²) in [5.74, 6) is 1.77. The Morgan fingerprint density at radius 3 is 2.15 bits per heavy atom. The number of hydrogen-bond donors (Lipinski definition) is 0. The Hall–Kier alpha value is -4.51. The largest absolute Gasteiger partial charge is 0.333 e. The number of rotatable bonds is 4. The molecule has 5 heteroatoms. The molecule has 6 aromatic rings. The summed E-state index contributed by atoms with van der Waals surface area (Å²) in [6.45, 7) is 0. The van der Waals surface area contributed by atoms with Gasteiger partial charge in [0.25, 0.3) is 0 Å². The van der Waals surface area contributed by atoms with E-state index in [1.807, 2.05) is 60.3 Å². The predicted molar refractivity (Wildman–Crippen MR) is 132 cm³/mol. The maximum absolute atomic E-state index is 4.99. The van der Waals surface area contributed by atoms with Crippen molar-refractivity contribution in [2.75, 3.05) is 0 Å². The zero-order valence-electron chi connectivity index (χ0n) is 18.1. The lowest BCUT2D eigenvalue weighted by Gasteiger charge is -2.10. The van der Waals surface area contributed by atoms with Gasteiger partial charge in [-0.2, -0.15) is 0 Å². The van der Waals surface area contributed by atoms with E-state index >= 15 is 0 Å². The van der Waals surface area contributed by atoms with E-state index in [0.717, 1.165) is 50.9 Å². The predicted octanol–water partition coefficient (Wildman–Crippen LogP) is 6.16. The molecule has 0 aliphatic carbocycles. The van der Waals surface area contributed by atoms with Crippen LogP contribution in [0.15, 0.2) is 109 Å². The zero-order chi connectivity index (χ0) is 22.2. The highest BCUT2D eigenvalue weighted by atomic mass is 15.1. The van der Waals surface area contributed by atoms with Crippen LogP contribution in [-0.2, 0) is 7.05 Å². The monoisotopic (exact) mass is 427 g/mol. The van der Waals surface area contributed by atoms with Gasteiger partial charge in [0.1, 0.15) is 11.5 Å². The third kappa shape index (κ3) is 3.40. The minimum absolute atomic E-state index is 0.846. The van der Waals surface area contributed by atoms with E-state index in [1.165, 1.54) is 0 Å². The highest BCUT2D eigenvalue weighted by Gasteiger charge is 2.16. The molecule has 0 saturated carbocycles. The van der Waals surface area contributed by atoms with Gasteiger partial charge in [0.2, 0.25) is 0 Å². The first-order valence-electron chi connectivity index (χ1n) is 10.9. The highest BCUT2D eigenvalue weighted by molar-refractivity contribution is 5.87. The molecule has 3 aromatic heterocycles. The van der Waals surface area contributed by atoms with Gasteiger partial charge in [-0.25, -0.2) is 15.0 Å². The first-order chi connectivity index (χ1) is 16.3. The topological polar surface area (TPSA) is 48.5 Å². The van der Waals surface area contributed by atoms with E-state index in [-0.39, 0.29) is 0 Å². The molecule has 158 valence electrons. The summed E-state index contributed by atoms with van der Waals surface area (Å²) >= 11 is 0. The molecular weight excluding hydrogens is 406 g/mol. The summed E-state index contributed by atoms with van der Waals surface area (Å²) < 4.78 is 4.20. The minimum atomic E-state index is 0.846. The van der Waals surface area contributed by atoms with Crippen LogP contribution < -0.4 is 0 Å². The summed E-state index contributed by atoms with van der Waals surface area (Å²) in [5, 5.41) is 0. The van der Waals surface area contributed by atoms with Crippen molar-refractivity contribution < 1.29 is 0 Å². The van der Waals surface area contributed by atoms with Gasteiger partial charge in [0, 0.05) is 36.3 Å². The molecule has 5 nitrogen and oxygen atoms in total. The third-order valence-electron chi connectivity index (χ3n) is 5.80. The number of imidazole rings is 2. The van der Waals surface area contributed by atoms with Crippen LogP contribution in [0.1, 0.15) is 0 Å². The van der Waals surface area contributed by atoms with Gasteiger partial charge in [-0.05, 0) is 36.4 Å². The first-order valence-corrected chi connectivity index (χ1v) is 10.9. The second kappa shape index (κ2) is 7.88. The van der Waals surface area contributed by atoms with Gasteiger partial charge in [0.05, 0.1) is 16.7 Å². The first kappa shape index (κ1) is 19.2. The van der Waals surface area contributed by atoms with Crippen LogP contribution >= 0.6 is 0 Å². The average molecular weight is 428 g/mol. The summed E-state index contributed by atoms with van der Waals surface area (Å²) in [7, 11) is 1.98. The van der Waals surface area contributed by atoms with E-state index in [4.69, 9.17) is 9.97 Å². The van der Waals surface area contributed by atoms with Crippen molar-refractivity contribution in [3.05, 3.63) is 109 Å². The van der Waals surface area contributed by atoms with Crippen molar-refractivity contribution >= 4 is 11.0 Å². The SMILES string of the molecule is Cn1ccnc1-c1cccc(-c2ccc3nc(-c4ccccc4)n(-c4ccccc4)c3c2)n1. The molecule has 33 heavy (non-hydrogen) atoms. The van der Waals surface area contributed by atoms with Crippen molar-refractivity contribution in [2.45, 2.75) is 0 Å². The second-order valence-corrected chi connectivity index (χ2v) is 7.95. The molecule has 0 radical (unpaired) electrons. The van der Waals surface area contributed by atoms with Gasteiger partial charge in [-0.15, -0.1) is 0 Å². The molecule has 0 fully saturated rings. The Morgan fingerprint density at radius 1 is 0.636 bits per heavy atom. The van der Waals surface area contributed by atoms with Crippen LogP contribution in [0.3, 0.4) is 0 Å². The molecule has 3 heterocycles. The molecule has 0 saturated heterocycles. The van der Waals surface area contributed by atoms with Crippen LogP contribution in [0.5, 0.6) is 0 Å². The van der Waals surface area contributed by atoms with Crippen LogP contribution in [0.25, 0.3) is 50.9 Å². The Kier molecular flexibility index (Phi) is 4.58. The minimum Gasteiger partial charge on any atom is -0.333 e. The summed E-state index contributed by atoms with van der Waals surface area (Å²) in [5.41, 5.74) is 6.93. The lowest BCUT2D eigenvalue weighted by atomic mass is 10.1. The Labute approximate surface area is 191 Å². The van der Waals surface area contributed by atoms with Crippen molar-refractivity contribution in [1.29, 1.82) is 0 Å². The molecular formula is C28H21N5. The van der Waals surface area contributed by atoms with Gasteiger partial charge < -0.3 is 4.57 Å². The number of benzene rings is 3. The Balaban J connectivity index is 1.55. The molecule has 6 rings (SSSR count). The zero-order valence-corrected chi connectivity index (χ0v) is 18.1. The summed E-state index contributed by atoms with van der Waals surface area (Å²) in [6.07, 6.45) is 3.72. The molecule has 0 spiro atoms. The Morgan fingerprint density at radius 2 is 1.39 bits per heavy atom. The van der Waals surface area contributed by atoms with E-state index in [0.29, 0.717) is 0 Å². The van der Waals surface area contributed by atoms with Gasteiger partial charge in [-0.3, -0.25) is 4.57 Å². The number of aryl methyl sites for hydroxylation is 1. The average Bonchev–Trinajstić information content (AvgIpc) is 3.48. The Bertz CT molecular complexity index is 1560. The van der Waals surface area contributed by atoms with Crippen LogP contribution in [-0.4, -0.2) is 24.1 Å². The lowest BCUT2D eigenvalue weighted by molar-refractivity contribution is 0.918. The quantitative estimate of drug-likeness (QED) is 0.339. The lowest BCUT2D eigenvalue weighted by Crippen LogP contribution is -1.97. The number of pyridine rings is 1. The smallest absolute Gasteiger partial charge is 0.158 e. The van der Waals surface area contributed by atoms with Crippen LogP contribution in [0, 0.1) is 0 Å². The summed E-state index contributed by atoms with van der Waals surface area (Å²) in [6, 6.07) is 33.1. The molecule has 0 aliphatic rings. The fourth-order valence-electron chi connectivity index (χ4n) is 4.19. The molecule has 0 atom stereocenters. The fraction of sp³-hybridized carbons (Fsp3) is 0.0357. The normalized spacial score (nSPS) is 11.2. The molecule has 0 amide bonds.